The van der Waals surface area contributed by atoms with Gasteiger partial charge in [-0.2, -0.15) is 0 Å². The van der Waals surface area contributed by atoms with Crippen molar-refractivity contribution in [1.29, 1.82) is 0 Å². The molecule has 1 saturated carbocycles. The lowest BCUT2D eigenvalue weighted by Gasteiger charge is -2.47. The number of carbonyl (C=O) groups excluding carboxylic acids is 2. The van der Waals surface area contributed by atoms with Crippen molar-refractivity contribution in [2.75, 3.05) is 65.6 Å². The maximum atomic E-state index is 12.9. The van der Waals surface area contributed by atoms with Gasteiger partial charge in [-0.3, -0.25) is 36.4 Å². The zero-order valence-electron chi connectivity index (χ0n) is 25.1. The Hall–Kier alpha value is -1.38. The molecule has 12 heteroatoms. The smallest absolute Gasteiger partial charge is 0.237 e. The van der Waals surface area contributed by atoms with Crippen LogP contribution >= 0.6 is 0 Å². The van der Waals surface area contributed by atoms with Crippen molar-refractivity contribution < 1.29 is 19.4 Å². The van der Waals surface area contributed by atoms with E-state index in [0.29, 0.717) is 55.5 Å². The molecule has 5 fully saturated rings. The van der Waals surface area contributed by atoms with Crippen molar-refractivity contribution in [3.8, 4) is 0 Å². The summed E-state index contributed by atoms with van der Waals surface area (Å²) in [4.78, 5) is 28.8. The molecular formula is C29H54N8O4. The van der Waals surface area contributed by atoms with E-state index in [0.717, 1.165) is 71.6 Å². The first-order valence-corrected chi connectivity index (χ1v) is 16.1. The first-order valence-electron chi connectivity index (χ1n) is 16.1. The highest BCUT2D eigenvalue weighted by Crippen LogP contribution is 2.41. The van der Waals surface area contributed by atoms with E-state index in [1.54, 1.807) is 6.92 Å². The Morgan fingerprint density at radius 3 is 2.59 bits per heavy atom. The van der Waals surface area contributed by atoms with E-state index in [9.17, 15) is 14.7 Å². The maximum Gasteiger partial charge on any atom is 0.237 e. The van der Waals surface area contributed by atoms with Crippen LogP contribution < -0.4 is 32.1 Å². The molecule has 4 aliphatic heterocycles. The zero-order chi connectivity index (χ0) is 28.8. The number of hydrazine groups is 1. The monoisotopic (exact) mass is 578 g/mol. The molecule has 4 heterocycles. The van der Waals surface area contributed by atoms with Gasteiger partial charge in [0.2, 0.25) is 11.8 Å². The Kier molecular flexibility index (Phi) is 11.3. The third kappa shape index (κ3) is 8.60. The molecule has 7 atom stereocenters. The van der Waals surface area contributed by atoms with Crippen molar-refractivity contribution in [2.24, 2.45) is 23.7 Å². The average molecular weight is 579 g/mol. The third-order valence-corrected chi connectivity index (χ3v) is 10.3. The number of hydrogen-bond acceptors (Lipinski definition) is 10. The van der Waals surface area contributed by atoms with E-state index in [2.05, 4.69) is 43.9 Å². The molecular weight excluding hydrogens is 524 g/mol. The number of nitrogens with one attached hydrogen (secondary N) is 6. The molecule has 6 unspecified atom stereocenters. The number of aliphatic hydroxyl groups excluding tert-OH is 1. The summed E-state index contributed by atoms with van der Waals surface area (Å²) in [5.41, 5.74) is 6.38. The Morgan fingerprint density at radius 2 is 1.83 bits per heavy atom. The number of likely N-dealkylation sites (tertiary alicyclic amines) is 2. The minimum absolute atomic E-state index is 0.0479. The van der Waals surface area contributed by atoms with Gasteiger partial charge >= 0.3 is 0 Å². The minimum atomic E-state index is -0.580. The number of nitrogens with zero attached hydrogens (tertiary/aromatic N) is 2. The van der Waals surface area contributed by atoms with E-state index >= 15 is 0 Å². The second-order valence-electron chi connectivity index (χ2n) is 13.2. The number of amides is 2. The second kappa shape index (κ2) is 14.9. The van der Waals surface area contributed by atoms with E-state index < -0.39 is 6.10 Å². The quantitative estimate of drug-likeness (QED) is 0.169. The third-order valence-electron chi connectivity index (χ3n) is 10.3. The molecule has 5 rings (SSSR count). The lowest BCUT2D eigenvalue weighted by molar-refractivity contribution is -0.130. The first kappa shape index (κ1) is 31.1. The van der Waals surface area contributed by atoms with Crippen molar-refractivity contribution in [2.45, 2.75) is 82.8 Å². The van der Waals surface area contributed by atoms with Gasteiger partial charge in [0.05, 0.1) is 31.0 Å². The molecule has 1 aliphatic carbocycles. The molecule has 4 saturated heterocycles. The normalized spacial score (nSPS) is 34.8. The van der Waals surface area contributed by atoms with Crippen LogP contribution in [0.2, 0.25) is 0 Å². The molecule has 41 heavy (non-hydrogen) atoms. The second-order valence-corrected chi connectivity index (χ2v) is 13.2. The van der Waals surface area contributed by atoms with Gasteiger partial charge in [-0.05, 0) is 56.4 Å². The number of aliphatic hydroxyl groups is 1. The fraction of sp³-hybridized carbons (Fsp3) is 0.931. The summed E-state index contributed by atoms with van der Waals surface area (Å²) in [7, 11) is 0. The molecule has 234 valence electrons. The van der Waals surface area contributed by atoms with Gasteiger partial charge in [-0.25, -0.2) is 0 Å². The minimum Gasteiger partial charge on any atom is -0.390 e. The van der Waals surface area contributed by atoms with E-state index in [-0.39, 0.29) is 30.6 Å². The summed E-state index contributed by atoms with van der Waals surface area (Å²) < 4.78 is 6.38. The van der Waals surface area contributed by atoms with Gasteiger partial charge in [0.15, 0.2) is 0 Å². The average Bonchev–Trinajstić information content (AvgIpc) is 3.50. The van der Waals surface area contributed by atoms with Gasteiger partial charge < -0.3 is 25.0 Å². The largest absolute Gasteiger partial charge is 0.390 e. The number of rotatable bonds is 10. The van der Waals surface area contributed by atoms with Crippen LogP contribution in [-0.4, -0.2) is 123 Å². The first-order chi connectivity index (χ1) is 19.9. The lowest BCUT2D eigenvalue weighted by Crippen LogP contribution is -2.62. The van der Waals surface area contributed by atoms with Crippen molar-refractivity contribution in [3.05, 3.63) is 0 Å². The topological polar surface area (TPSA) is 142 Å². The van der Waals surface area contributed by atoms with Crippen LogP contribution in [-0.2, 0) is 14.3 Å². The van der Waals surface area contributed by atoms with Crippen LogP contribution in [0.15, 0.2) is 0 Å². The van der Waals surface area contributed by atoms with Crippen LogP contribution in [0.1, 0.15) is 52.4 Å². The number of piperidine rings is 2. The summed E-state index contributed by atoms with van der Waals surface area (Å²) in [6.45, 7) is 11.8. The summed E-state index contributed by atoms with van der Waals surface area (Å²) in [5, 5.41) is 24.1. The van der Waals surface area contributed by atoms with Crippen LogP contribution in [0.4, 0.5) is 0 Å². The molecule has 5 aliphatic rings. The van der Waals surface area contributed by atoms with Gasteiger partial charge in [-0.15, -0.1) is 0 Å². The van der Waals surface area contributed by atoms with Crippen LogP contribution in [0.3, 0.4) is 0 Å². The molecule has 0 radical (unpaired) electrons. The van der Waals surface area contributed by atoms with Gasteiger partial charge in [0, 0.05) is 77.8 Å². The highest BCUT2D eigenvalue weighted by atomic mass is 16.5. The highest BCUT2D eigenvalue weighted by molar-refractivity contribution is 5.81. The predicted octanol–water partition coefficient (Wildman–Crippen LogP) is -1.22. The predicted molar refractivity (Wildman–Crippen MR) is 156 cm³/mol. The molecule has 0 bridgehead atoms. The number of fused-ring (bicyclic) bond motifs is 1. The van der Waals surface area contributed by atoms with Crippen LogP contribution in [0.25, 0.3) is 0 Å². The number of hydrogen-bond donors (Lipinski definition) is 7. The molecule has 2 amide bonds. The zero-order valence-corrected chi connectivity index (χ0v) is 25.1. The number of ether oxygens (including phenoxy) is 1. The molecule has 0 aromatic heterocycles. The van der Waals surface area contributed by atoms with Gasteiger partial charge in [0.25, 0.3) is 0 Å². The summed E-state index contributed by atoms with van der Waals surface area (Å²) >= 11 is 0. The Balaban J connectivity index is 0.976. The van der Waals surface area contributed by atoms with Gasteiger partial charge in [0.1, 0.15) is 0 Å². The van der Waals surface area contributed by atoms with E-state index in [1.165, 1.54) is 6.42 Å². The highest BCUT2D eigenvalue weighted by Gasteiger charge is 2.41. The summed E-state index contributed by atoms with van der Waals surface area (Å²) in [6, 6.07) is 0.0440. The molecule has 0 aromatic rings. The Morgan fingerprint density at radius 1 is 1.05 bits per heavy atom. The van der Waals surface area contributed by atoms with Crippen molar-refractivity contribution >= 4 is 11.8 Å². The number of carbonyl (C=O) groups is 2. The summed E-state index contributed by atoms with van der Waals surface area (Å²) in [5.74, 6) is 2.57. The van der Waals surface area contributed by atoms with Crippen molar-refractivity contribution in [1.82, 2.24) is 41.9 Å². The van der Waals surface area contributed by atoms with Crippen LogP contribution in [0, 0.1) is 23.7 Å². The van der Waals surface area contributed by atoms with E-state index in [1.807, 2.05) is 4.90 Å². The van der Waals surface area contributed by atoms with Crippen molar-refractivity contribution in [3.63, 3.8) is 0 Å². The van der Waals surface area contributed by atoms with Gasteiger partial charge in [-0.1, -0.05) is 6.92 Å². The molecule has 7 N–H and O–H groups in total. The molecule has 0 aromatic carbocycles. The number of β-amino-alcohol motifs (C(OH)–C–C–N with tert-alkyl or cyclic N) is 1. The van der Waals surface area contributed by atoms with E-state index in [4.69, 9.17) is 4.74 Å². The maximum absolute atomic E-state index is 12.9. The fourth-order valence-corrected chi connectivity index (χ4v) is 7.71. The Labute approximate surface area is 245 Å². The Bertz CT molecular complexity index is 853. The molecule has 12 nitrogen and oxygen atoms in total. The van der Waals surface area contributed by atoms with Crippen LogP contribution in [0.5, 0.6) is 0 Å². The lowest BCUT2D eigenvalue weighted by atomic mass is 9.68. The fourth-order valence-electron chi connectivity index (χ4n) is 7.71. The SMILES string of the molecule is CC(=O)N1CCC(NC2CC(C(=O)NC[C@H](O)CN3CCC4C(CCC(OCC5CNNC5)C4C)C3)NCN2)CC1. The standard InChI is InChI=1S/C29H54N8O4/c1-19-25-7-8-36(15-22(25)3-4-27(19)41-17-21-12-33-34-13-21)16-24(39)14-30-29(40)26-11-28(32-18-31-26)35-23-5-9-37(10-6-23)20(2)38/h19,21-28,31-35,39H,3-18H2,1-2H3,(H,30,40)/t19?,22?,24-,25?,26?,27?,28?/m0/s1. The summed E-state index contributed by atoms with van der Waals surface area (Å²) in [6.07, 6.45) is 5.79. The molecule has 0 spiro atoms.